The van der Waals surface area contributed by atoms with Crippen molar-refractivity contribution in [3.8, 4) is 0 Å². The van der Waals surface area contributed by atoms with Gasteiger partial charge in [0.05, 0.1) is 12.2 Å². The molecule has 0 aliphatic carbocycles. The molecule has 120 valence electrons. The van der Waals surface area contributed by atoms with E-state index in [2.05, 4.69) is 10.2 Å². The second kappa shape index (κ2) is 5.82. The van der Waals surface area contributed by atoms with E-state index in [1.165, 1.54) is 19.0 Å². The number of halogens is 3. The molecule has 0 unspecified atom stereocenters. The van der Waals surface area contributed by atoms with E-state index in [-0.39, 0.29) is 12.2 Å². The minimum absolute atomic E-state index is 0.114. The molecule has 22 heavy (non-hydrogen) atoms. The maximum Gasteiger partial charge on any atom is 0.435 e. The Morgan fingerprint density at radius 3 is 2.64 bits per heavy atom. The summed E-state index contributed by atoms with van der Waals surface area (Å²) >= 11 is 0. The predicted molar refractivity (Wildman–Crippen MR) is 71.9 cm³/mol. The topological polar surface area (TPSA) is 56.0 Å². The number of hydrogen-bond acceptors (Lipinski definition) is 3. The first-order valence-corrected chi connectivity index (χ1v) is 6.61. The van der Waals surface area contributed by atoms with Gasteiger partial charge in [0.15, 0.2) is 5.69 Å². The van der Waals surface area contributed by atoms with Gasteiger partial charge < -0.3 is 4.90 Å². The predicted octanol–water partition coefficient (Wildman–Crippen LogP) is 1.93. The molecular weight excluding hydrogens is 299 g/mol. The summed E-state index contributed by atoms with van der Waals surface area (Å²) in [7, 11) is 2.84. The van der Waals surface area contributed by atoms with Gasteiger partial charge in [-0.3, -0.25) is 14.2 Å². The lowest BCUT2D eigenvalue weighted by Gasteiger charge is -2.17. The Hall–Kier alpha value is -2.32. The Balaban J connectivity index is 2.19. The van der Waals surface area contributed by atoms with Crippen LogP contribution in [0.2, 0.25) is 0 Å². The molecule has 0 saturated carbocycles. The van der Waals surface area contributed by atoms with Gasteiger partial charge in [-0.2, -0.15) is 23.4 Å². The Morgan fingerprint density at radius 2 is 2.09 bits per heavy atom. The van der Waals surface area contributed by atoms with Crippen LogP contribution in [0.25, 0.3) is 0 Å². The van der Waals surface area contributed by atoms with Crippen molar-refractivity contribution in [1.29, 1.82) is 0 Å². The number of alkyl halides is 3. The first-order chi connectivity index (χ1) is 10.2. The van der Waals surface area contributed by atoms with E-state index >= 15 is 0 Å². The molecule has 0 aromatic carbocycles. The normalized spacial score (nSPS) is 11.7. The first-order valence-electron chi connectivity index (χ1n) is 6.61. The van der Waals surface area contributed by atoms with E-state index in [4.69, 9.17) is 0 Å². The molecule has 2 aromatic rings. The molecule has 2 rings (SSSR count). The summed E-state index contributed by atoms with van der Waals surface area (Å²) in [5.41, 5.74) is -0.390. The standard InChI is InChI=1S/C13H16F3N5O/c1-4-21-9(5-6-17-21)8-19(2)12(22)10-7-11(13(14,15)16)18-20(10)3/h5-7H,4,8H2,1-3H3. The number of carbonyl (C=O) groups excluding carboxylic acids is 1. The third-order valence-corrected chi connectivity index (χ3v) is 3.24. The van der Waals surface area contributed by atoms with Crippen LogP contribution in [-0.2, 0) is 26.3 Å². The highest BCUT2D eigenvalue weighted by Gasteiger charge is 2.35. The molecule has 0 N–H and O–H groups in total. The SMILES string of the molecule is CCn1nccc1CN(C)C(=O)c1cc(C(F)(F)F)nn1C. The maximum absolute atomic E-state index is 12.6. The molecule has 6 nitrogen and oxygen atoms in total. The molecule has 0 radical (unpaired) electrons. The van der Waals surface area contributed by atoms with Crippen LogP contribution in [0.5, 0.6) is 0 Å². The van der Waals surface area contributed by atoms with Crippen molar-refractivity contribution in [2.24, 2.45) is 7.05 Å². The fourth-order valence-corrected chi connectivity index (χ4v) is 2.10. The fraction of sp³-hybridized carbons (Fsp3) is 0.462. The third kappa shape index (κ3) is 3.12. The zero-order valence-electron chi connectivity index (χ0n) is 12.4. The van der Waals surface area contributed by atoms with Crippen LogP contribution in [0, 0.1) is 0 Å². The lowest BCUT2D eigenvalue weighted by molar-refractivity contribution is -0.141. The highest BCUT2D eigenvalue weighted by Crippen LogP contribution is 2.28. The average Bonchev–Trinajstić information content (AvgIpc) is 3.03. The molecule has 9 heteroatoms. The van der Waals surface area contributed by atoms with Crippen molar-refractivity contribution in [3.05, 3.63) is 35.4 Å². The van der Waals surface area contributed by atoms with E-state index in [0.717, 1.165) is 16.4 Å². The monoisotopic (exact) mass is 315 g/mol. The van der Waals surface area contributed by atoms with Crippen molar-refractivity contribution in [2.45, 2.75) is 26.2 Å². The Kier molecular flexibility index (Phi) is 4.25. The van der Waals surface area contributed by atoms with Gasteiger partial charge in [-0.15, -0.1) is 0 Å². The summed E-state index contributed by atoms with van der Waals surface area (Å²) < 4.78 is 40.6. The molecule has 2 aromatic heterocycles. The van der Waals surface area contributed by atoms with Gasteiger partial charge in [0, 0.05) is 32.9 Å². The van der Waals surface area contributed by atoms with Gasteiger partial charge >= 0.3 is 6.18 Å². The summed E-state index contributed by atoms with van der Waals surface area (Å²) in [6.45, 7) is 2.81. The highest BCUT2D eigenvalue weighted by molar-refractivity contribution is 5.92. The molecule has 0 atom stereocenters. The average molecular weight is 315 g/mol. The van der Waals surface area contributed by atoms with E-state index in [0.29, 0.717) is 6.54 Å². The lowest BCUT2D eigenvalue weighted by atomic mass is 10.3. The van der Waals surface area contributed by atoms with Crippen LogP contribution < -0.4 is 0 Å². The van der Waals surface area contributed by atoms with E-state index in [1.54, 1.807) is 16.9 Å². The van der Waals surface area contributed by atoms with E-state index < -0.39 is 17.8 Å². The van der Waals surface area contributed by atoms with Gasteiger partial charge in [-0.05, 0) is 13.0 Å². The second-order valence-electron chi connectivity index (χ2n) is 4.84. The number of aryl methyl sites for hydroxylation is 2. The number of amides is 1. The smallest absolute Gasteiger partial charge is 0.334 e. The minimum atomic E-state index is -4.57. The number of aromatic nitrogens is 4. The summed E-state index contributed by atoms with van der Waals surface area (Å²) in [5.74, 6) is -0.533. The molecule has 0 fully saturated rings. The molecular formula is C13H16F3N5O. The highest BCUT2D eigenvalue weighted by atomic mass is 19.4. The number of rotatable bonds is 4. The maximum atomic E-state index is 12.6. The molecule has 0 spiro atoms. The van der Waals surface area contributed by atoms with Gasteiger partial charge in [0.1, 0.15) is 5.69 Å². The Bertz CT molecular complexity index is 674. The van der Waals surface area contributed by atoms with Gasteiger partial charge in [0.25, 0.3) is 5.91 Å². The number of carbonyl (C=O) groups is 1. The van der Waals surface area contributed by atoms with E-state index in [9.17, 15) is 18.0 Å². The summed E-state index contributed by atoms with van der Waals surface area (Å²) in [4.78, 5) is 13.6. The largest absolute Gasteiger partial charge is 0.435 e. The summed E-state index contributed by atoms with van der Waals surface area (Å²) in [6, 6.07) is 2.52. The summed E-state index contributed by atoms with van der Waals surface area (Å²) in [5, 5.41) is 7.43. The van der Waals surface area contributed by atoms with Gasteiger partial charge in [0.2, 0.25) is 0 Å². The second-order valence-corrected chi connectivity index (χ2v) is 4.84. The van der Waals surface area contributed by atoms with Crippen molar-refractivity contribution < 1.29 is 18.0 Å². The zero-order valence-corrected chi connectivity index (χ0v) is 12.4. The molecule has 0 aliphatic heterocycles. The van der Waals surface area contributed by atoms with Crippen molar-refractivity contribution in [3.63, 3.8) is 0 Å². The number of nitrogens with zero attached hydrogens (tertiary/aromatic N) is 5. The molecule has 2 heterocycles. The van der Waals surface area contributed by atoms with Crippen molar-refractivity contribution in [2.75, 3.05) is 7.05 Å². The van der Waals surface area contributed by atoms with Gasteiger partial charge in [-0.25, -0.2) is 0 Å². The lowest BCUT2D eigenvalue weighted by Crippen LogP contribution is -2.29. The Morgan fingerprint density at radius 1 is 1.41 bits per heavy atom. The quantitative estimate of drug-likeness (QED) is 0.866. The zero-order chi connectivity index (χ0) is 16.5. The Labute approximate surface area is 125 Å². The van der Waals surface area contributed by atoms with Crippen molar-refractivity contribution in [1.82, 2.24) is 24.5 Å². The van der Waals surface area contributed by atoms with Crippen LogP contribution in [-0.4, -0.2) is 37.4 Å². The van der Waals surface area contributed by atoms with Crippen LogP contribution in [0.3, 0.4) is 0 Å². The third-order valence-electron chi connectivity index (χ3n) is 3.24. The number of hydrogen-bond donors (Lipinski definition) is 0. The van der Waals surface area contributed by atoms with E-state index in [1.807, 2.05) is 6.92 Å². The van der Waals surface area contributed by atoms with Gasteiger partial charge in [-0.1, -0.05) is 0 Å². The molecule has 0 bridgehead atoms. The first kappa shape index (κ1) is 16.1. The van der Waals surface area contributed by atoms with Crippen LogP contribution >= 0.6 is 0 Å². The van der Waals surface area contributed by atoms with Crippen LogP contribution in [0.15, 0.2) is 18.3 Å². The van der Waals surface area contributed by atoms with Crippen LogP contribution in [0.1, 0.15) is 28.8 Å². The molecule has 0 aliphatic rings. The summed E-state index contributed by atoms with van der Waals surface area (Å²) in [6.07, 6.45) is -2.96. The fourth-order valence-electron chi connectivity index (χ4n) is 2.10. The molecule has 0 saturated heterocycles. The van der Waals surface area contributed by atoms with Crippen molar-refractivity contribution >= 4 is 5.91 Å². The van der Waals surface area contributed by atoms with Crippen LogP contribution in [0.4, 0.5) is 13.2 Å². The molecule has 1 amide bonds. The minimum Gasteiger partial charge on any atom is -0.334 e.